The lowest BCUT2D eigenvalue weighted by molar-refractivity contribution is 0.374. The van der Waals surface area contributed by atoms with Gasteiger partial charge in [-0.3, -0.25) is 4.68 Å². The van der Waals surface area contributed by atoms with E-state index >= 15 is 0 Å². The first kappa shape index (κ1) is 15.2. The molecule has 1 N–H and O–H groups in total. The van der Waals surface area contributed by atoms with Gasteiger partial charge in [-0.2, -0.15) is 10.4 Å². The van der Waals surface area contributed by atoms with E-state index in [0.29, 0.717) is 0 Å². The van der Waals surface area contributed by atoms with Crippen molar-refractivity contribution >= 4 is 15.9 Å². The molecule has 0 saturated carbocycles. The van der Waals surface area contributed by atoms with Crippen molar-refractivity contribution in [3.63, 3.8) is 0 Å². The fourth-order valence-corrected chi connectivity index (χ4v) is 2.38. The fourth-order valence-electron chi connectivity index (χ4n) is 2.09. The Morgan fingerprint density at radius 2 is 2.17 bits per heavy atom. The van der Waals surface area contributed by atoms with Gasteiger partial charge in [-0.05, 0) is 56.1 Å². The van der Waals surface area contributed by atoms with Crippen molar-refractivity contribution < 1.29 is 0 Å². The third-order valence-corrected chi connectivity index (χ3v) is 4.71. The Morgan fingerprint density at radius 3 is 2.56 bits per heavy atom. The zero-order chi connectivity index (χ0) is 13.8. The third-order valence-electron chi connectivity index (χ3n) is 3.56. The number of nitriles is 1. The number of aromatic nitrogens is 2. The summed E-state index contributed by atoms with van der Waals surface area (Å²) in [7, 11) is 1.85. The Bertz CT molecular complexity index is 441. The smallest absolute Gasteiger partial charge is 0.106 e. The Labute approximate surface area is 117 Å². The second-order valence-electron chi connectivity index (χ2n) is 4.61. The van der Waals surface area contributed by atoms with Gasteiger partial charge in [-0.25, -0.2) is 0 Å². The molecule has 1 aromatic rings. The van der Waals surface area contributed by atoms with Gasteiger partial charge in [-0.15, -0.1) is 0 Å². The number of nitrogens with zero attached hydrogens (tertiary/aromatic N) is 3. The number of rotatable bonds is 6. The molecule has 1 heterocycles. The number of hydrogen-bond donors (Lipinski definition) is 1. The lowest BCUT2D eigenvalue weighted by Gasteiger charge is -2.24. The van der Waals surface area contributed by atoms with Crippen LogP contribution in [0.1, 0.15) is 37.6 Å². The molecule has 0 bridgehead atoms. The maximum atomic E-state index is 9.23. The van der Waals surface area contributed by atoms with Gasteiger partial charge < -0.3 is 5.32 Å². The Kier molecular flexibility index (Phi) is 5.36. The van der Waals surface area contributed by atoms with Crippen LogP contribution in [-0.4, -0.2) is 22.4 Å². The zero-order valence-corrected chi connectivity index (χ0v) is 13.1. The van der Waals surface area contributed by atoms with Gasteiger partial charge in [0, 0.05) is 12.2 Å². The molecule has 0 aliphatic carbocycles. The minimum atomic E-state index is -0.396. The maximum Gasteiger partial charge on any atom is 0.106 e. The minimum Gasteiger partial charge on any atom is -0.302 e. The number of nitrogens with one attached hydrogen (secondary N) is 1. The van der Waals surface area contributed by atoms with E-state index < -0.39 is 5.54 Å². The summed E-state index contributed by atoms with van der Waals surface area (Å²) in [5.41, 5.74) is 1.77. The molecule has 0 radical (unpaired) electrons. The Balaban J connectivity index is 2.61. The first-order valence-electron chi connectivity index (χ1n) is 6.29. The van der Waals surface area contributed by atoms with Gasteiger partial charge in [0.1, 0.15) is 5.54 Å². The quantitative estimate of drug-likeness (QED) is 0.878. The normalized spacial score (nSPS) is 14.2. The van der Waals surface area contributed by atoms with Gasteiger partial charge in [-0.1, -0.05) is 6.92 Å². The van der Waals surface area contributed by atoms with Gasteiger partial charge in [0.25, 0.3) is 0 Å². The van der Waals surface area contributed by atoms with Crippen LogP contribution in [0.25, 0.3) is 0 Å². The Morgan fingerprint density at radius 1 is 1.50 bits per heavy atom. The predicted molar refractivity (Wildman–Crippen MR) is 76.3 cm³/mol. The molecule has 1 atom stereocenters. The summed E-state index contributed by atoms with van der Waals surface area (Å²) in [5.74, 6) is 0. The van der Waals surface area contributed by atoms with E-state index in [1.807, 2.05) is 25.6 Å². The lowest BCUT2D eigenvalue weighted by Crippen LogP contribution is -2.40. The summed E-state index contributed by atoms with van der Waals surface area (Å²) in [6.07, 6.45) is 2.60. The molecule has 18 heavy (non-hydrogen) atoms. The molecule has 0 aliphatic heterocycles. The van der Waals surface area contributed by atoms with E-state index in [1.54, 1.807) is 0 Å². The molecule has 4 nitrogen and oxygen atoms in total. The molecule has 1 aromatic heterocycles. The first-order valence-corrected chi connectivity index (χ1v) is 7.08. The average Bonchev–Trinajstić information content (AvgIpc) is 2.63. The third kappa shape index (κ3) is 3.12. The molecular weight excluding hydrogens is 292 g/mol. The second-order valence-corrected chi connectivity index (χ2v) is 5.40. The summed E-state index contributed by atoms with van der Waals surface area (Å²) in [6, 6.07) is 2.38. The summed E-state index contributed by atoms with van der Waals surface area (Å²) in [5, 5.41) is 16.8. The molecule has 0 spiro atoms. The van der Waals surface area contributed by atoms with Crippen LogP contribution in [0.2, 0.25) is 0 Å². The van der Waals surface area contributed by atoms with Crippen LogP contribution in [0, 0.1) is 25.2 Å². The highest BCUT2D eigenvalue weighted by molar-refractivity contribution is 9.10. The van der Waals surface area contributed by atoms with E-state index in [1.165, 1.54) is 0 Å². The van der Waals surface area contributed by atoms with E-state index in [-0.39, 0.29) is 0 Å². The molecule has 0 amide bonds. The van der Waals surface area contributed by atoms with Crippen LogP contribution in [0.15, 0.2) is 4.47 Å². The maximum absolute atomic E-state index is 9.23. The van der Waals surface area contributed by atoms with Crippen molar-refractivity contribution in [1.29, 1.82) is 5.26 Å². The second kappa shape index (κ2) is 6.35. The molecule has 100 valence electrons. The monoisotopic (exact) mass is 312 g/mol. The van der Waals surface area contributed by atoms with Crippen molar-refractivity contribution in [3.05, 3.63) is 15.9 Å². The molecule has 0 aromatic carbocycles. The zero-order valence-electron chi connectivity index (χ0n) is 11.5. The number of aryl methyl sites for hydroxylation is 2. The standard InChI is InChI=1S/C13H21BrN4/c1-5-13(9-15,16-4)7-6-8-18-11(3)12(14)10(2)17-18/h16H,5-8H2,1-4H3. The minimum absolute atomic E-state index is 0.396. The molecule has 1 unspecified atom stereocenters. The highest BCUT2D eigenvalue weighted by atomic mass is 79.9. The largest absolute Gasteiger partial charge is 0.302 e. The van der Waals surface area contributed by atoms with Gasteiger partial charge in [0.15, 0.2) is 0 Å². The molecule has 0 fully saturated rings. The summed E-state index contributed by atoms with van der Waals surface area (Å²) in [6.45, 7) is 6.94. The lowest BCUT2D eigenvalue weighted by atomic mass is 9.92. The van der Waals surface area contributed by atoms with Crippen LogP contribution < -0.4 is 5.32 Å². The van der Waals surface area contributed by atoms with Gasteiger partial charge in [0.05, 0.1) is 16.2 Å². The highest BCUT2D eigenvalue weighted by Gasteiger charge is 2.24. The Hall–Kier alpha value is -0.860. The molecule has 5 heteroatoms. The average molecular weight is 313 g/mol. The van der Waals surface area contributed by atoms with E-state index in [4.69, 9.17) is 0 Å². The van der Waals surface area contributed by atoms with Crippen molar-refractivity contribution in [3.8, 4) is 6.07 Å². The summed E-state index contributed by atoms with van der Waals surface area (Å²) in [4.78, 5) is 0. The molecular formula is C13H21BrN4. The van der Waals surface area contributed by atoms with E-state index in [9.17, 15) is 5.26 Å². The van der Waals surface area contributed by atoms with Crippen molar-refractivity contribution in [1.82, 2.24) is 15.1 Å². The highest BCUT2D eigenvalue weighted by Crippen LogP contribution is 2.21. The number of halogens is 1. The van der Waals surface area contributed by atoms with Crippen molar-refractivity contribution in [2.24, 2.45) is 0 Å². The van der Waals surface area contributed by atoms with Crippen molar-refractivity contribution in [2.45, 2.75) is 52.1 Å². The van der Waals surface area contributed by atoms with Gasteiger partial charge >= 0.3 is 0 Å². The van der Waals surface area contributed by atoms with Crippen LogP contribution >= 0.6 is 15.9 Å². The van der Waals surface area contributed by atoms with Crippen LogP contribution in [-0.2, 0) is 6.54 Å². The predicted octanol–water partition coefficient (Wildman–Crippen LogP) is 2.93. The fraction of sp³-hybridized carbons (Fsp3) is 0.692. The van der Waals surface area contributed by atoms with E-state index in [2.05, 4.69) is 39.3 Å². The summed E-state index contributed by atoms with van der Waals surface area (Å²) >= 11 is 3.52. The molecule has 1 rings (SSSR count). The summed E-state index contributed by atoms with van der Waals surface area (Å²) < 4.78 is 3.09. The number of hydrogen-bond acceptors (Lipinski definition) is 3. The van der Waals surface area contributed by atoms with Crippen LogP contribution in [0.4, 0.5) is 0 Å². The van der Waals surface area contributed by atoms with Gasteiger partial charge in [0.2, 0.25) is 0 Å². The van der Waals surface area contributed by atoms with Crippen molar-refractivity contribution in [2.75, 3.05) is 7.05 Å². The van der Waals surface area contributed by atoms with Crippen LogP contribution in [0.3, 0.4) is 0 Å². The molecule has 0 aliphatic rings. The first-order chi connectivity index (χ1) is 8.49. The van der Waals surface area contributed by atoms with E-state index in [0.717, 1.165) is 41.7 Å². The topological polar surface area (TPSA) is 53.6 Å². The molecule has 0 saturated heterocycles. The van der Waals surface area contributed by atoms with Crippen LogP contribution in [0.5, 0.6) is 0 Å². The SMILES string of the molecule is CCC(C#N)(CCCn1nc(C)c(Br)c1C)NC.